The van der Waals surface area contributed by atoms with Gasteiger partial charge in [-0.2, -0.15) is 13.2 Å². The number of hydrogen-bond acceptors (Lipinski definition) is 2. The van der Waals surface area contributed by atoms with Crippen molar-refractivity contribution < 1.29 is 22.7 Å². The Morgan fingerprint density at radius 1 is 1.12 bits per heavy atom. The van der Waals surface area contributed by atoms with E-state index in [0.717, 1.165) is 17.7 Å². The zero-order chi connectivity index (χ0) is 17.7. The zero-order valence-corrected chi connectivity index (χ0v) is 13.4. The Morgan fingerprint density at radius 3 is 2.29 bits per heavy atom. The summed E-state index contributed by atoms with van der Waals surface area (Å²) in [6.45, 7) is 1.91. The molecule has 3 nitrogen and oxygen atoms in total. The second kappa shape index (κ2) is 7.38. The van der Waals surface area contributed by atoms with Crippen LogP contribution in [-0.2, 0) is 6.18 Å². The molecule has 0 spiro atoms. The molecule has 0 bridgehead atoms. The maximum Gasteiger partial charge on any atom is 0.416 e. The lowest BCUT2D eigenvalue weighted by Crippen LogP contribution is -2.28. The standard InChI is InChI=1S/C18H18F3NO2/c1-3-15(14-6-4-5-7-16(14)24-2)22-17(23)12-8-10-13(11-9-12)18(19,20)21/h4-11,15H,3H2,1-2H3,(H,22,23). The Kier molecular flexibility index (Phi) is 5.49. The normalized spacial score (nSPS) is 12.5. The number of amides is 1. The third-order valence-electron chi connectivity index (χ3n) is 3.70. The van der Waals surface area contributed by atoms with E-state index in [2.05, 4.69) is 5.32 Å². The summed E-state index contributed by atoms with van der Waals surface area (Å²) < 4.78 is 43.0. The quantitative estimate of drug-likeness (QED) is 0.866. The van der Waals surface area contributed by atoms with Crippen molar-refractivity contribution in [3.05, 3.63) is 65.2 Å². The van der Waals surface area contributed by atoms with Crippen molar-refractivity contribution in [1.82, 2.24) is 5.32 Å². The smallest absolute Gasteiger partial charge is 0.416 e. The van der Waals surface area contributed by atoms with Crippen LogP contribution >= 0.6 is 0 Å². The van der Waals surface area contributed by atoms with Crippen LogP contribution in [0.15, 0.2) is 48.5 Å². The van der Waals surface area contributed by atoms with Crippen molar-refractivity contribution in [3.63, 3.8) is 0 Å². The highest BCUT2D eigenvalue weighted by Gasteiger charge is 2.30. The molecule has 0 aliphatic heterocycles. The first-order valence-electron chi connectivity index (χ1n) is 7.47. The van der Waals surface area contributed by atoms with Crippen LogP contribution in [0.2, 0.25) is 0 Å². The van der Waals surface area contributed by atoms with E-state index in [1.54, 1.807) is 13.2 Å². The minimum absolute atomic E-state index is 0.177. The van der Waals surface area contributed by atoms with Gasteiger partial charge in [0.15, 0.2) is 0 Å². The van der Waals surface area contributed by atoms with Crippen LogP contribution in [0.1, 0.15) is 40.9 Å². The number of alkyl halides is 3. The maximum atomic E-state index is 12.6. The van der Waals surface area contributed by atoms with Crippen LogP contribution in [-0.4, -0.2) is 13.0 Å². The third kappa shape index (κ3) is 4.07. The van der Waals surface area contributed by atoms with E-state index in [1.807, 2.05) is 25.1 Å². The van der Waals surface area contributed by atoms with Crippen LogP contribution in [0.25, 0.3) is 0 Å². The first kappa shape index (κ1) is 17.8. The molecule has 1 unspecified atom stereocenters. The van der Waals surface area contributed by atoms with Gasteiger partial charge in [0.1, 0.15) is 5.75 Å². The Balaban J connectivity index is 2.18. The monoisotopic (exact) mass is 337 g/mol. The summed E-state index contributed by atoms with van der Waals surface area (Å²) in [5.41, 5.74) is 0.218. The number of carbonyl (C=O) groups excluding carboxylic acids is 1. The molecule has 1 amide bonds. The first-order chi connectivity index (χ1) is 11.4. The highest BCUT2D eigenvalue weighted by atomic mass is 19.4. The van der Waals surface area contributed by atoms with Crippen molar-refractivity contribution in [1.29, 1.82) is 0 Å². The van der Waals surface area contributed by atoms with Crippen molar-refractivity contribution in [3.8, 4) is 5.75 Å². The maximum absolute atomic E-state index is 12.6. The van der Waals surface area contributed by atoms with E-state index in [9.17, 15) is 18.0 Å². The Hall–Kier alpha value is -2.50. The molecule has 0 aliphatic carbocycles. The number of methoxy groups -OCH3 is 1. The van der Waals surface area contributed by atoms with Crippen LogP contribution in [0.5, 0.6) is 5.75 Å². The number of nitrogens with one attached hydrogen (secondary N) is 1. The van der Waals surface area contributed by atoms with Crippen LogP contribution in [0.4, 0.5) is 13.2 Å². The molecule has 0 saturated heterocycles. The van der Waals surface area contributed by atoms with Gasteiger partial charge in [0.25, 0.3) is 5.91 Å². The summed E-state index contributed by atoms with van der Waals surface area (Å²) in [6, 6.07) is 11.2. The highest BCUT2D eigenvalue weighted by Crippen LogP contribution is 2.30. The molecular formula is C18H18F3NO2. The molecule has 2 rings (SSSR count). The van der Waals surface area contributed by atoms with Gasteiger partial charge in [0.05, 0.1) is 18.7 Å². The van der Waals surface area contributed by atoms with Gasteiger partial charge in [0.2, 0.25) is 0 Å². The molecule has 0 heterocycles. The molecule has 0 fully saturated rings. The number of halogens is 3. The van der Waals surface area contributed by atoms with Gasteiger partial charge in [-0.05, 0) is 36.8 Å². The summed E-state index contributed by atoms with van der Waals surface area (Å²) in [7, 11) is 1.54. The number of para-hydroxylation sites is 1. The van der Waals surface area contributed by atoms with Crippen LogP contribution in [0.3, 0.4) is 0 Å². The Morgan fingerprint density at radius 2 is 1.75 bits per heavy atom. The minimum Gasteiger partial charge on any atom is -0.496 e. The van der Waals surface area contributed by atoms with Gasteiger partial charge in [-0.25, -0.2) is 0 Å². The molecule has 2 aromatic rings. The molecule has 0 saturated carbocycles. The van der Waals surface area contributed by atoms with Crippen molar-refractivity contribution in [2.24, 2.45) is 0 Å². The zero-order valence-electron chi connectivity index (χ0n) is 13.4. The van der Waals surface area contributed by atoms with E-state index in [-0.39, 0.29) is 11.6 Å². The number of benzene rings is 2. The molecule has 24 heavy (non-hydrogen) atoms. The van der Waals surface area contributed by atoms with E-state index in [0.29, 0.717) is 12.2 Å². The van der Waals surface area contributed by atoms with Crippen molar-refractivity contribution >= 4 is 5.91 Å². The SMILES string of the molecule is CCC(NC(=O)c1ccc(C(F)(F)F)cc1)c1ccccc1OC. The summed E-state index contributed by atoms with van der Waals surface area (Å²) in [5.74, 6) is 0.221. The molecule has 1 N–H and O–H groups in total. The Labute approximate surface area is 138 Å². The third-order valence-corrected chi connectivity index (χ3v) is 3.70. The fourth-order valence-electron chi connectivity index (χ4n) is 2.41. The molecule has 1 atom stereocenters. The molecule has 128 valence electrons. The van der Waals surface area contributed by atoms with Crippen LogP contribution in [0, 0.1) is 0 Å². The average Bonchev–Trinajstić information content (AvgIpc) is 2.58. The van der Waals surface area contributed by atoms with Gasteiger partial charge in [0, 0.05) is 11.1 Å². The second-order valence-electron chi connectivity index (χ2n) is 5.25. The topological polar surface area (TPSA) is 38.3 Å². The highest BCUT2D eigenvalue weighted by molar-refractivity contribution is 5.94. The number of ether oxygens (including phenoxy) is 1. The fraction of sp³-hybridized carbons (Fsp3) is 0.278. The minimum atomic E-state index is -4.42. The second-order valence-corrected chi connectivity index (χ2v) is 5.25. The summed E-state index contributed by atoms with van der Waals surface area (Å²) in [5, 5.41) is 2.83. The average molecular weight is 337 g/mol. The van der Waals surface area contributed by atoms with Crippen LogP contribution < -0.4 is 10.1 Å². The fourth-order valence-corrected chi connectivity index (χ4v) is 2.41. The first-order valence-corrected chi connectivity index (χ1v) is 7.47. The summed E-state index contributed by atoms with van der Waals surface area (Å²) in [6.07, 6.45) is -3.80. The summed E-state index contributed by atoms with van der Waals surface area (Å²) >= 11 is 0. The largest absolute Gasteiger partial charge is 0.496 e. The van der Waals surface area contributed by atoms with E-state index < -0.39 is 17.6 Å². The van der Waals surface area contributed by atoms with Gasteiger partial charge < -0.3 is 10.1 Å². The lowest BCUT2D eigenvalue weighted by molar-refractivity contribution is -0.137. The predicted molar refractivity (Wildman–Crippen MR) is 84.9 cm³/mol. The predicted octanol–water partition coefficient (Wildman–Crippen LogP) is 4.60. The number of rotatable bonds is 5. The lowest BCUT2D eigenvalue weighted by atomic mass is 10.0. The molecule has 0 aliphatic rings. The molecular weight excluding hydrogens is 319 g/mol. The number of hydrogen-bond donors (Lipinski definition) is 1. The van der Waals surface area contributed by atoms with Gasteiger partial charge in [-0.15, -0.1) is 0 Å². The molecule has 0 aromatic heterocycles. The molecule has 0 radical (unpaired) electrons. The summed E-state index contributed by atoms with van der Waals surface area (Å²) in [4.78, 5) is 12.3. The van der Waals surface area contributed by atoms with Gasteiger partial charge in [-0.1, -0.05) is 25.1 Å². The van der Waals surface area contributed by atoms with Gasteiger partial charge in [-0.3, -0.25) is 4.79 Å². The Bertz CT molecular complexity index is 696. The van der Waals surface area contributed by atoms with Crippen molar-refractivity contribution in [2.75, 3.05) is 7.11 Å². The van der Waals surface area contributed by atoms with E-state index >= 15 is 0 Å². The molecule has 2 aromatic carbocycles. The van der Waals surface area contributed by atoms with Gasteiger partial charge >= 0.3 is 6.18 Å². The lowest BCUT2D eigenvalue weighted by Gasteiger charge is -2.20. The van der Waals surface area contributed by atoms with Crippen molar-refractivity contribution in [2.45, 2.75) is 25.6 Å². The van der Waals surface area contributed by atoms with E-state index in [4.69, 9.17) is 4.74 Å². The molecule has 6 heteroatoms. The number of carbonyl (C=O) groups is 1. The van der Waals surface area contributed by atoms with E-state index in [1.165, 1.54) is 12.1 Å².